The Labute approximate surface area is 225 Å². The molecule has 1 heterocycles. The molecule has 6 rings (SSSR count). The van der Waals surface area contributed by atoms with E-state index in [1.807, 2.05) is 6.07 Å². The second kappa shape index (κ2) is 10.3. The van der Waals surface area contributed by atoms with Gasteiger partial charge in [0.25, 0.3) is 0 Å². The van der Waals surface area contributed by atoms with Crippen LogP contribution in [0.1, 0.15) is 30.0 Å². The van der Waals surface area contributed by atoms with Crippen LogP contribution in [0.5, 0.6) is 0 Å². The molecule has 0 amide bonds. The van der Waals surface area contributed by atoms with Crippen molar-refractivity contribution in [3.63, 3.8) is 0 Å². The van der Waals surface area contributed by atoms with Gasteiger partial charge in [0.05, 0.1) is 16.6 Å². The lowest BCUT2D eigenvalue weighted by Crippen LogP contribution is -2.26. The smallest absolute Gasteiger partial charge is 0.0840 e. The summed E-state index contributed by atoms with van der Waals surface area (Å²) in [5.74, 6) is 7.40. The van der Waals surface area contributed by atoms with Crippen molar-refractivity contribution in [1.82, 2.24) is 4.57 Å². The number of aromatic nitrogens is 1. The Morgan fingerprint density at radius 2 is 1.16 bits per heavy atom. The zero-order chi connectivity index (χ0) is 25.8. The van der Waals surface area contributed by atoms with Gasteiger partial charge in [-0.3, -0.25) is 0 Å². The maximum Gasteiger partial charge on any atom is 0.0840 e. The van der Waals surface area contributed by atoms with Crippen molar-refractivity contribution in [2.75, 3.05) is 0 Å². The molecule has 0 N–H and O–H groups in total. The van der Waals surface area contributed by atoms with E-state index < -0.39 is 5.41 Å². The summed E-state index contributed by atoms with van der Waals surface area (Å²) < 4.78 is 2.41. The second-order valence-electron chi connectivity index (χ2n) is 9.52. The average Bonchev–Trinajstić information content (AvgIpc) is 3.35. The van der Waals surface area contributed by atoms with Crippen LogP contribution in [0.4, 0.5) is 0 Å². The van der Waals surface area contributed by atoms with Gasteiger partial charge in [0, 0.05) is 22.2 Å². The van der Waals surface area contributed by atoms with Gasteiger partial charge in [-0.1, -0.05) is 134 Å². The lowest BCUT2D eigenvalue weighted by molar-refractivity contribution is 0.646. The van der Waals surface area contributed by atoms with Crippen molar-refractivity contribution in [3.8, 4) is 28.8 Å². The van der Waals surface area contributed by atoms with Crippen LogP contribution in [0.2, 0.25) is 0 Å². The van der Waals surface area contributed by atoms with E-state index >= 15 is 0 Å². The molecule has 1 unspecified atom stereocenters. The van der Waals surface area contributed by atoms with E-state index in [0.29, 0.717) is 0 Å². The van der Waals surface area contributed by atoms with Crippen LogP contribution in [0.15, 0.2) is 146 Å². The first kappa shape index (κ1) is 23.6. The standard InChI is InChI=1S/C37H29N/c1-2-37(31-21-11-5-12-22-31,28-27-29-17-7-3-8-18-29)35-33-25-15-16-26-34(33)38(32-23-13-6-14-24-32)36(35)30-19-9-4-10-20-30/h3-26H,2H2,1H3. The van der Waals surface area contributed by atoms with Gasteiger partial charge in [-0.25, -0.2) is 0 Å². The normalized spacial score (nSPS) is 12.4. The van der Waals surface area contributed by atoms with Gasteiger partial charge in [-0.05, 0) is 47.9 Å². The molecule has 5 aromatic carbocycles. The summed E-state index contributed by atoms with van der Waals surface area (Å²) in [7, 11) is 0. The number of para-hydroxylation sites is 2. The van der Waals surface area contributed by atoms with Crippen LogP contribution in [0.25, 0.3) is 27.8 Å². The fourth-order valence-corrected chi connectivity index (χ4v) is 5.56. The maximum absolute atomic E-state index is 3.84. The van der Waals surface area contributed by atoms with E-state index in [-0.39, 0.29) is 0 Å². The highest BCUT2D eigenvalue weighted by atomic mass is 15.0. The third-order valence-corrected chi connectivity index (χ3v) is 7.35. The molecule has 182 valence electrons. The fraction of sp³-hybridized carbons (Fsp3) is 0.0811. The van der Waals surface area contributed by atoms with Crippen LogP contribution in [0, 0.1) is 11.8 Å². The highest BCUT2D eigenvalue weighted by Gasteiger charge is 2.37. The Hall–Kier alpha value is -4.80. The van der Waals surface area contributed by atoms with Crippen molar-refractivity contribution < 1.29 is 0 Å². The van der Waals surface area contributed by atoms with E-state index in [2.05, 4.69) is 163 Å². The van der Waals surface area contributed by atoms with Gasteiger partial charge in [0.1, 0.15) is 0 Å². The summed E-state index contributed by atoms with van der Waals surface area (Å²) in [6, 6.07) is 51.3. The molecule has 38 heavy (non-hydrogen) atoms. The van der Waals surface area contributed by atoms with Gasteiger partial charge in [0.15, 0.2) is 0 Å². The summed E-state index contributed by atoms with van der Waals surface area (Å²) in [4.78, 5) is 0. The third-order valence-electron chi connectivity index (χ3n) is 7.35. The third kappa shape index (κ3) is 4.11. The molecule has 1 nitrogen and oxygen atoms in total. The van der Waals surface area contributed by atoms with Crippen molar-refractivity contribution in [2.45, 2.75) is 18.8 Å². The summed E-state index contributed by atoms with van der Waals surface area (Å²) in [5, 5.41) is 1.23. The van der Waals surface area contributed by atoms with Gasteiger partial charge in [0.2, 0.25) is 0 Å². The molecule has 1 atom stereocenters. The van der Waals surface area contributed by atoms with Gasteiger partial charge in [-0.15, -0.1) is 0 Å². The van der Waals surface area contributed by atoms with E-state index in [1.54, 1.807) is 0 Å². The predicted octanol–water partition coefficient (Wildman–Crippen LogP) is 9.05. The summed E-state index contributed by atoms with van der Waals surface area (Å²) in [6.07, 6.45) is 0.833. The maximum atomic E-state index is 3.84. The monoisotopic (exact) mass is 487 g/mol. The molecule has 6 aromatic rings. The zero-order valence-corrected chi connectivity index (χ0v) is 21.5. The molecule has 0 radical (unpaired) electrons. The highest BCUT2D eigenvalue weighted by Crippen LogP contribution is 2.47. The summed E-state index contributed by atoms with van der Waals surface area (Å²) in [6.45, 7) is 2.26. The Bertz CT molecular complexity index is 1720. The quantitative estimate of drug-likeness (QED) is 0.214. The molecule has 1 aromatic heterocycles. The lowest BCUT2D eigenvalue weighted by Gasteiger charge is -2.30. The van der Waals surface area contributed by atoms with Crippen LogP contribution in [-0.4, -0.2) is 4.57 Å². The van der Waals surface area contributed by atoms with Gasteiger partial charge < -0.3 is 4.57 Å². The minimum Gasteiger partial charge on any atom is -0.309 e. The minimum absolute atomic E-state index is 0.526. The van der Waals surface area contributed by atoms with E-state index in [1.165, 1.54) is 33.3 Å². The molecule has 0 aliphatic heterocycles. The number of rotatable bonds is 5. The number of benzene rings is 5. The minimum atomic E-state index is -0.526. The molecule has 0 bridgehead atoms. The van der Waals surface area contributed by atoms with Gasteiger partial charge >= 0.3 is 0 Å². The first-order valence-corrected chi connectivity index (χ1v) is 13.2. The topological polar surface area (TPSA) is 4.93 Å². The number of nitrogens with zero attached hydrogens (tertiary/aromatic N) is 1. The van der Waals surface area contributed by atoms with Gasteiger partial charge in [-0.2, -0.15) is 0 Å². The van der Waals surface area contributed by atoms with Crippen molar-refractivity contribution in [3.05, 3.63) is 162 Å². The van der Waals surface area contributed by atoms with Crippen molar-refractivity contribution >= 4 is 10.9 Å². The zero-order valence-electron chi connectivity index (χ0n) is 21.5. The Balaban J connectivity index is 1.79. The van der Waals surface area contributed by atoms with Crippen LogP contribution >= 0.6 is 0 Å². The molecular formula is C37H29N. The van der Waals surface area contributed by atoms with E-state index in [0.717, 1.165) is 17.7 Å². The molecule has 0 aliphatic rings. The predicted molar refractivity (Wildman–Crippen MR) is 160 cm³/mol. The van der Waals surface area contributed by atoms with Crippen molar-refractivity contribution in [2.24, 2.45) is 0 Å². The number of hydrogen-bond donors (Lipinski definition) is 0. The summed E-state index contributed by atoms with van der Waals surface area (Å²) >= 11 is 0. The molecule has 0 aliphatic carbocycles. The first-order chi connectivity index (χ1) is 18.8. The SMILES string of the molecule is CCC(C#Cc1ccccc1)(c1ccccc1)c1c(-c2ccccc2)n(-c2ccccc2)c2ccccc12. The molecule has 0 saturated heterocycles. The molecule has 0 spiro atoms. The summed E-state index contributed by atoms with van der Waals surface area (Å²) in [5.41, 5.74) is 7.64. The van der Waals surface area contributed by atoms with Crippen LogP contribution < -0.4 is 0 Å². The number of hydrogen-bond acceptors (Lipinski definition) is 0. The molecule has 0 fully saturated rings. The molecule has 0 saturated carbocycles. The Kier molecular flexibility index (Phi) is 6.39. The number of fused-ring (bicyclic) bond motifs is 1. The van der Waals surface area contributed by atoms with E-state index in [4.69, 9.17) is 0 Å². The second-order valence-corrected chi connectivity index (χ2v) is 9.52. The lowest BCUT2D eigenvalue weighted by atomic mass is 9.71. The van der Waals surface area contributed by atoms with E-state index in [9.17, 15) is 0 Å². The Morgan fingerprint density at radius 3 is 1.82 bits per heavy atom. The first-order valence-electron chi connectivity index (χ1n) is 13.2. The molecule has 1 heteroatoms. The van der Waals surface area contributed by atoms with Crippen LogP contribution in [-0.2, 0) is 5.41 Å². The van der Waals surface area contributed by atoms with Crippen molar-refractivity contribution in [1.29, 1.82) is 0 Å². The highest BCUT2D eigenvalue weighted by molar-refractivity contribution is 5.96. The fourth-order valence-electron chi connectivity index (χ4n) is 5.56. The molecular weight excluding hydrogens is 458 g/mol. The van der Waals surface area contributed by atoms with Crippen LogP contribution in [0.3, 0.4) is 0 Å². The largest absolute Gasteiger partial charge is 0.309 e. The average molecular weight is 488 g/mol. The Morgan fingerprint density at radius 1 is 0.605 bits per heavy atom.